The fraction of sp³-hybridized carbons (Fsp3) is 0.0909. The number of benzene rings is 1. The molecule has 1 aromatic carbocycles. The van der Waals surface area contributed by atoms with Gasteiger partial charge in [0.15, 0.2) is 0 Å². The third-order valence-corrected chi connectivity index (χ3v) is 2.56. The van der Waals surface area contributed by atoms with Gasteiger partial charge in [-0.3, -0.25) is 10.1 Å². The van der Waals surface area contributed by atoms with Crippen molar-refractivity contribution in [1.29, 1.82) is 0 Å². The molecule has 0 aliphatic rings. The van der Waals surface area contributed by atoms with E-state index in [1.807, 2.05) is 0 Å². The largest absolute Gasteiger partial charge is 0.338 e. The second kappa shape index (κ2) is 4.85. The third-order valence-electron chi connectivity index (χ3n) is 2.10. The van der Waals surface area contributed by atoms with Crippen molar-refractivity contribution in [3.8, 4) is 0 Å². The monoisotopic (exact) mass is 316 g/mol. The first kappa shape index (κ1) is 12.7. The van der Waals surface area contributed by atoms with Gasteiger partial charge < -0.3 is 4.52 Å². The quantitative estimate of drug-likeness (QED) is 0.925. The SMILES string of the molecule is Cc1cc(NC(=O)c2c(F)cc(Br)cc2F)on1. The van der Waals surface area contributed by atoms with Gasteiger partial charge in [0.2, 0.25) is 5.88 Å². The van der Waals surface area contributed by atoms with Crippen LogP contribution in [0, 0.1) is 18.6 Å². The smallest absolute Gasteiger partial charge is 0.264 e. The summed E-state index contributed by atoms with van der Waals surface area (Å²) < 4.78 is 31.9. The van der Waals surface area contributed by atoms with Gasteiger partial charge in [0.25, 0.3) is 5.91 Å². The van der Waals surface area contributed by atoms with Crippen molar-refractivity contribution < 1.29 is 18.1 Å². The van der Waals surface area contributed by atoms with Gasteiger partial charge in [-0.25, -0.2) is 8.78 Å². The summed E-state index contributed by atoms with van der Waals surface area (Å²) in [4.78, 5) is 11.7. The Balaban J connectivity index is 2.29. The van der Waals surface area contributed by atoms with Crippen LogP contribution in [0.4, 0.5) is 14.7 Å². The maximum Gasteiger partial charge on any atom is 0.264 e. The molecule has 1 N–H and O–H groups in total. The van der Waals surface area contributed by atoms with Gasteiger partial charge in [0.05, 0.1) is 5.69 Å². The number of hydrogen-bond acceptors (Lipinski definition) is 3. The van der Waals surface area contributed by atoms with Crippen LogP contribution in [0.5, 0.6) is 0 Å². The molecule has 1 aromatic heterocycles. The molecule has 7 heteroatoms. The van der Waals surface area contributed by atoms with Crippen LogP contribution in [0.15, 0.2) is 27.2 Å². The van der Waals surface area contributed by atoms with Crippen molar-refractivity contribution in [2.24, 2.45) is 0 Å². The molecule has 2 aromatic rings. The number of carbonyl (C=O) groups is 1. The van der Waals surface area contributed by atoms with E-state index in [4.69, 9.17) is 4.52 Å². The molecule has 0 saturated carbocycles. The van der Waals surface area contributed by atoms with Gasteiger partial charge in [-0.1, -0.05) is 21.1 Å². The van der Waals surface area contributed by atoms with E-state index in [9.17, 15) is 13.6 Å². The van der Waals surface area contributed by atoms with Gasteiger partial charge >= 0.3 is 0 Å². The average Bonchev–Trinajstić information content (AvgIpc) is 2.62. The molecule has 4 nitrogen and oxygen atoms in total. The fourth-order valence-corrected chi connectivity index (χ4v) is 1.76. The summed E-state index contributed by atoms with van der Waals surface area (Å²) >= 11 is 2.93. The van der Waals surface area contributed by atoms with Crippen LogP contribution < -0.4 is 5.32 Å². The van der Waals surface area contributed by atoms with Crippen molar-refractivity contribution in [3.63, 3.8) is 0 Å². The second-order valence-corrected chi connectivity index (χ2v) is 4.45. The highest BCUT2D eigenvalue weighted by Crippen LogP contribution is 2.20. The molecule has 94 valence electrons. The lowest BCUT2D eigenvalue weighted by Gasteiger charge is -2.04. The maximum atomic E-state index is 13.5. The lowest BCUT2D eigenvalue weighted by Crippen LogP contribution is -2.15. The Morgan fingerprint density at radius 3 is 2.44 bits per heavy atom. The van der Waals surface area contributed by atoms with Crippen LogP contribution in [-0.4, -0.2) is 11.1 Å². The highest BCUT2D eigenvalue weighted by atomic mass is 79.9. The molecule has 0 atom stereocenters. The zero-order chi connectivity index (χ0) is 13.3. The normalized spacial score (nSPS) is 10.4. The van der Waals surface area contributed by atoms with Crippen LogP contribution in [0.25, 0.3) is 0 Å². The van der Waals surface area contributed by atoms with Gasteiger partial charge in [0.1, 0.15) is 17.2 Å². The number of aromatic nitrogens is 1. The molecule has 2 rings (SSSR count). The maximum absolute atomic E-state index is 13.5. The lowest BCUT2D eigenvalue weighted by atomic mass is 10.2. The van der Waals surface area contributed by atoms with Crippen LogP contribution >= 0.6 is 15.9 Å². The molecule has 0 fully saturated rings. The molecule has 0 unspecified atom stereocenters. The van der Waals surface area contributed by atoms with Crippen LogP contribution in [-0.2, 0) is 0 Å². The number of amides is 1. The summed E-state index contributed by atoms with van der Waals surface area (Å²) in [6.45, 7) is 1.65. The van der Waals surface area contributed by atoms with E-state index < -0.39 is 23.1 Å². The Labute approximate surface area is 109 Å². The van der Waals surface area contributed by atoms with E-state index in [1.54, 1.807) is 6.92 Å². The van der Waals surface area contributed by atoms with E-state index in [0.717, 1.165) is 12.1 Å². The summed E-state index contributed by atoms with van der Waals surface area (Å²) in [5.41, 5.74) is -0.130. The summed E-state index contributed by atoms with van der Waals surface area (Å²) in [5.74, 6) is -2.83. The predicted octanol–water partition coefficient (Wildman–Crippen LogP) is 3.28. The summed E-state index contributed by atoms with van der Waals surface area (Å²) in [6.07, 6.45) is 0. The van der Waals surface area contributed by atoms with Gasteiger partial charge in [-0.15, -0.1) is 0 Å². The third kappa shape index (κ3) is 2.56. The molecular formula is C11H7BrF2N2O2. The van der Waals surface area contributed by atoms with Crippen LogP contribution in [0.3, 0.4) is 0 Å². The van der Waals surface area contributed by atoms with Gasteiger partial charge in [-0.05, 0) is 19.1 Å². The highest BCUT2D eigenvalue weighted by Gasteiger charge is 2.19. The topological polar surface area (TPSA) is 55.1 Å². The molecule has 0 bridgehead atoms. The van der Waals surface area contributed by atoms with Crippen molar-refractivity contribution in [3.05, 3.63) is 45.6 Å². The van der Waals surface area contributed by atoms with Crippen molar-refractivity contribution in [1.82, 2.24) is 5.16 Å². The van der Waals surface area contributed by atoms with Crippen molar-refractivity contribution >= 4 is 27.7 Å². The van der Waals surface area contributed by atoms with Gasteiger partial charge in [-0.2, -0.15) is 0 Å². The van der Waals surface area contributed by atoms with E-state index in [1.165, 1.54) is 6.07 Å². The Hall–Kier alpha value is -1.76. The number of halogens is 3. The highest BCUT2D eigenvalue weighted by molar-refractivity contribution is 9.10. The Bertz CT molecular complexity index is 590. The second-order valence-electron chi connectivity index (χ2n) is 3.53. The number of anilines is 1. The van der Waals surface area contributed by atoms with Crippen molar-refractivity contribution in [2.75, 3.05) is 5.32 Å². The molecular weight excluding hydrogens is 310 g/mol. The molecule has 0 spiro atoms. The van der Waals surface area contributed by atoms with Gasteiger partial charge in [0, 0.05) is 10.5 Å². The van der Waals surface area contributed by atoms with E-state index in [0.29, 0.717) is 5.69 Å². The predicted molar refractivity (Wildman–Crippen MR) is 63.3 cm³/mol. The molecule has 0 aliphatic carbocycles. The summed E-state index contributed by atoms with van der Waals surface area (Å²) in [7, 11) is 0. The van der Waals surface area contributed by atoms with E-state index in [-0.39, 0.29) is 10.4 Å². The van der Waals surface area contributed by atoms with Crippen LogP contribution in [0.2, 0.25) is 0 Å². The lowest BCUT2D eigenvalue weighted by molar-refractivity contribution is 0.101. The minimum atomic E-state index is -0.962. The fourth-order valence-electron chi connectivity index (χ4n) is 1.36. The standard InChI is InChI=1S/C11H7BrF2N2O2/c1-5-2-9(18-16-5)15-11(17)10-7(13)3-6(12)4-8(10)14/h2-4H,1H3,(H,15,17). The first-order valence-corrected chi connectivity index (χ1v) is 5.66. The number of nitrogens with one attached hydrogen (secondary N) is 1. The van der Waals surface area contributed by atoms with E-state index >= 15 is 0 Å². The first-order chi connectivity index (χ1) is 8.47. The summed E-state index contributed by atoms with van der Waals surface area (Å²) in [5, 5.41) is 5.75. The molecule has 0 saturated heterocycles. The number of nitrogens with zero attached hydrogens (tertiary/aromatic N) is 1. The number of aryl methyl sites for hydroxylation is 1. The Morgan fingerprint density at radius 2 is 1.94 bits per heavy atom. The van der Waals surface area contributed by atoms with E-state index in [2.05, 4.69) is 26.4 Å². The minimum absolute atomic E-state index is 0.0271. The zero-order valence-corrected chi connectivity index (χ0v) is 10.7. The number of hydrogen-bond donors (Lipinski definition) is 1. The van der Waals surface area contributed by atoms with Crippen LogP contribution in [0.1, 0.15) is 16.1 Å². The molecule has 1 heterocycles. The zero-order valence-electron chi connectivity index (χ0n) is 9.13. The molecule has 0 radical (unpaired) electrons. The summed E-state index contributed by atoms with van der Waals surface area (Å²) in [6, 6.07) is 3.44. The average molecular weight is 317 g/mol. The number of rotatable bonds is 2. The molecule has 1 amide bonds. The van der Waals surface area contributed by atoms with Crippen molar-refractivity contribution in [2.45, 2.75) is 6.92 Å². The Kier molecular flexibility index (Phi) is 3.42. The number of carbonyl (C=O) groups excluding carboxylic acids is 1. The minimum Gasteiger partial charge on any atom is -0.338 e. The molecule has 18 heavy (non-hydrogen) atoms. The Morgan fingerprint density at radius 1 is 1.33 bits per heavy atom. The first-order valence-electron chi connectivity index (χ1n) is 4.86. The molecule has 0 aliphatic heterocycles.